The Labute approximate surface area is 181 Å². The van der Waals surface area contributed by atoms with Gasteiger partial charge in [-0.2, -0.15) is 5.10 Å². The van der Waals surface area contributed by atoms with Crippen molar-refractivity contribution in [2.45, 2.75) is 31.6 Å². The molecule has 1 atom stereocenters. The average molecular weight is 412 g/mol. The van der Waals surface area contributed by atoms with Crippen molar-refractivity contribution in [3.63, 3.8) is 0 Å². The van der Waals surface area contributed by atoms with Gasteiger partial charge in [0.2, 0.25) is 5.91 Å². The van der Waals surface area contributed by atoms with Crippen molar-refractivity contribution in [2.75, 3.05) is 13.1 Å². The first-order valence-corrected chi connectivity index (χ1v) is 10.8. The maximum absolute atomic E-state index is 12.8. The lowest BCUT2D eigenvalue weighted by Crippen LogP contribution is -2.39. The highest BCUT2D eigenvalue weighted by atomic mass is 16.2. The van der Waals surface area contributed by atoms with Gasteiger partial charge in [0.1, 0.15) is 0 Å². The van der Waals surface area contributed by atoms with Gasteiger partial charge >= 0.3 is 0 Å². The van der Waals surface area contributed by atoms with E-state index in [9.17, 15) is 4.79 Å². The van der Waals surface area contributed by atoms with Crippen molar-refractivity contribution in [2.24, 2.45) is 0 Å². The number of carbonyl (C=O) groups is 1. The van der Waals surface area contributed by atoms with Crippen molar-refractivity contribution >= 4 is 11.6 Å². The van der Waals surface area contributed by atoms with Gasteiger partial charge in [0.25, 0.3) is 0 Å². The molecular formula is C25H25N5O. The molecule has 0 saturated carbocycles. The van der Waals surface area contributed by atoms with Gasteiger partial charge in [0.05, 0.1) is 0 Å². The number of benzene rings is 1. The number of fused-ring (bicyclic) bond motifs is 1. The molecule has 0 spiro atoms. The summed E-state index contributed by atoms with van der Waals surface area (Å²) in [4.78, 5) is 23.6. The summed E-state index contributed by atoms with van der Waals surface area (Å²) in [6.45, 7) is 1.52. The van der Waals surface area contributed by atoms with Gasteiger partial charge < -0.3 is 4.90 Å². The minimum Gasteiger partial charge on any atom is -0.342 e. The minimum absolute atomic E-state index is 0.179. The minimum atomic E-state index is 0.179. The maximum atomic E-state index is 12.8. The molecule has 1 saturated heterocycles. The van der Waals surface area contributed by atoms with Crippen molar-refractivity contribution in [3.8, 4) is 11.1 Å². The van der Waals surface area contributed by atoms with Crippen molar-refractivity contribution < 1.29 is 4.79 Å². The molecule has 0 aliphatic carbocycles. The second kappa shape index (κ2) is 8.68. The Morgan fingerprint density at radius 3 is 2.68 bits per heavy atom. The van der Waals surface area contributed by atoms with Crippen LogP contribution in [0.1, 0.15) is 36.6 Å². The van der Waals surface area contributed by atoms with Gasteiger partial charge in [0.15, 0.2) is 11.5 Å². The van der Waals surface area contributed by atoms with Crippen LogP contribution in [0.2, 0.25) is 0 Å². The van der Waals surface area contributed by atoms with Crippen LogP contribution in [0.25, 0.3) is 16.8 Å². The highest BCUT2D eigenvalue weighted by molar-refractivity contribution is 5.76. The molecule has 4 aromatic rings. The molecule has 1 aliphatic rings. The molecule has 0 radical (unpaired) electrons. The molecule has 0 bridgehead atoms. The molecule has 3 aromatic heterocycles. The van der Waals surface area contributed by atoms with Crippen molar-refractivity contribution in [1.82, 2.24) is 24.5 Å². The molecule has 0 N–H and O–H groups in total. The van der Waals surface area contributed by atoms with Gasteiger partial charge in [-0.05, 0) is 54.7 Å². The Morgan fingerprint density at radius 1 is 1.00 bits per heavy atom. The molecule has 1 aliphatic heterocycles. The average Bonchev–Trinajstić information content (AvgIpc) is 3.27. The van der Waals surface area contributed by atoms with Crippen LogP contribution < -0.4 is 0 Å². The molecule has 1 aromatic carbocycles. The number of likely N-dealkylation sites (tertiary alicyclic amines) is 1. The lowest BCUT2D eigenvalue weighted by molar-refractivity contribution is -0.132. The first kappa shape index (κ1) is 19.4. The smallest absolute Gasteiger partial charge is 0.222 e. The largest absolute Gasteiger partial charge is 0.342 e. The highest BCUT2D eigenvalue weighted by Gasteiger charge is 2.27. The van der Waals surface area contributed by atoms with Crippen LogP contribution in [0.5, 0.6) is 0 Å². The fourth-order valence-corrected chi connectivity index (χ4v) is 4.26. The predicted molar refractivity (Wildman–Crippen MR) is 120 cm³/mol. The van der Waals surface area contributed by atoms with E-state index in [1.807, 2.05) is 52.0 Å². The zero-order chi connectivity index (χ0) is 21.0. The fourth-order valence-electron chi connectivity index (χ4n) is 4.26. The Bertz CT molecular complexity index is 1170. The van der Waals surface area contributed by atoms with E-state index >= 15 is 0 Å². The highest BCUT2D eigenvalue weighted by Crippen LogP contribution is 2.26. The summed E-state index contributed by atoms with van der Waals surface area (Å²) < 4.78 is 1.85. The molecule has 156 valence electrons. The number of carbonyl (C=O) groups excluding carboxylic acids is 1. The summed E-state index contributed by atoms with van der Waals surface area (Å²) in [6.07, 6.45) is 8.91. The van der Waals surface area contributed by atoms with Crippen LogP contribution in [0.3, 0.4) is 0 Å². The van der Waals surface area contributed by atoms with Gasteiger partial charge in [-0.15, -0.1) is 0 Å². The summed E-state index contributed by atoms with van der Waals surface area (Å²) in [7, 11) is 0. The van der Waals surface area contributed by atoms with E-state index in [2.05, 4.69) is 23.2 Å². The Hall–Kier alpha value is -3.54. The molecule has 1 unspecified atom stereocenters. The number of pyridine rings is 2. The summed E-state index contributed by atoms with van der Waals surface area (Å²) in [6, 6.07) is 18.2. The molecule has 5 rings (SSSR count). The van der Waals surface area contributed by atoms with Crippen molar-refractivity contribution in [3.05, 3.63) is 84.6 Å². The predicted octanol–water partition coefficient (Wildman–Crippen LogP) is 4.13. The van der Waals surface area contributed by atoms with Crippen LogP contribution in [0.4, 0.5) is 0 Å². The van der Waals surface area contributed by atoms with Gasteiger partial charge in [0, 0.05) is 49.6 Å². The number of hydrogen-bond acceptors (Lipinski definition) is 4. The number of nitrogens with zero attached hydrogens (tertiary/aromatic N) is 5. The zero-order valence-electron chi connectivity index (χ0n) is 17.4. The lowest BCUT2D eigenvalue weighted by atomic mass is 9.97. The molecule has 6 heteroatoms. The molecular weight excluding hydrogens is 386 g/mol. The van der Waals surface area contributed by atoms with Crippen LogP contribution >= 0.6 is 0 Å². The second-order valence-corrected chi connectivity index (χ2v) is 8.09. The van der Waals surface area contributed by atoms with Crippen LogP contribution in [0.15, 0.2) is 73.2 Å². The Balaban J connectivity index is 1.28. The van der Waals surface area contributed by atoms with Crippen LogP contribution in [-0.2, 0) is 11.2 Å². The zero-order valence-corrected chi connectivity index (χ0v) is 17.4. The number of piperidine rings is 1. The van der Waals surface area contributed by atoms with E-state index < -0.39 is 0 Å². The van der Waals surface area contributed by atoms with E-state index in [0.29, 0.717) is 13.0 Å². The SMILES string of the molecule is O=C(CCc1ccccc1)N1CCCC(c2nc3ccc(-c4ccncc4)cn3n2)C1. The van der Waals surface area contributed by atoms with E-state index in [-0.39, 0.29) is 11.8 Å². The Kier molecular flexibility index (Phi) is 5.44. The fraction of sp³-hybridized carbons (Fsp3) is 0.280. The van der Waals surface area contributed by atoms with Gasteiger partial charge in [-0.1, -0.05) is 30.3 Å². The van der Waals surface area contributed by atoms with Gasteiger partial charge in [-0.3, -0.25) is 9.78 Å². The summed E-state index contributed by atoms with van der Waals surface area (Å²) >= 11 is 0. The number of aromatic nitrogens is 4. The normalized spacial score (nSPS) is 16.5. The second-order valence-electron chi connectivity index (χ2n) is 8.09. The van der Waals surface area contributed by atoms with Crippen LogP contribution in [-0.4, -0.2) is 43.5 Å². The topological polar surface area (TPSA) is 63.4 Å². The van der Waals surface area contributed by atoms with Crippen LogP contribution in [0, 0.1) is 0 Å². The monoisotopic (exact) mass is 411 g/mol. The van der Waals surface area contributed by atoms with Crippen molar-refractivity contribution in [1.29, 1.82) is 0 Å². The summed E-state index contributed by atoms with van der Waals surface area (Å²) in [5.74, 6) is 1.23. The molecule has 1 amide bonds. The summed E-state index contributed by atoms with van der Waals surface area (Å²) in [5.41, 5.74) is 4.21. The van der Waals surface area contributed by atoms with E-state index in [0.717, 1.165) is 48.4 Å². The Morgan fingerprint density at radius 2 is 1.84 bits per heavy atom. The number of aryl methyl sites for hydroxylation is 1. The third-order valence-electron chi connectivity index (χ3n) is 5.97. The standard InChI is InChI=1S/C25H25N5O/c31-24(11-8-19-5-2-1-3-6-19)29-16-4-7-22(17-29)25-27-23-10-9-21(18-30(23)28-25)20-12-14-26-15-13-20/h1-3,5-6,9-10,12-15,18,22H,4,7-8,11,16-17H2. The molecule has 4 heterocycles. The molecule has 6 nitrogen and oxygen atoms in total. The third-order valence-corrected chi connectivity index (χ3v) is 5.97. The van der Waals surface area contributed by atoms with Gasteiger partial charge in [-0.25, -0.2) is 9.50 Å². The van der Waals surface area contributed by atoms with E-state index in [4.69, 9.17) is 10.1 Å². The first-order valence-electron chi connectivity index (χ1n) is 10.8. The molecule has 1 fully saturated rings. The lowest BCUT2D eigenvalue weighted by Gasteiger charge is -2.31. The molecule has 31 heavy (non-hydrogen) atoms. The first-order chi connectivity index (χ1) is 15.3. The van der Waals surface area contributed by atoms with E-state index in [1.54, 1.807) is 12.4 Å². The number of amides is 1. The summed E-state index contributed by atoms with van der Waals surface area (Å²) in [5, 5.41) is 4.76. The number of hydrogen-bond donors (Lipinski definition) is 0. The quantitative estimate of drug-likeness (QED) is 0.495. The maximum Gasteiger partial charge on any atom is 0.222 e. The number of rotatable bonds is 5. The van der Waals surface area contributed by atoms with E-state index in [1.165, 1.54) is 5.56 Å². The third kappa shape index (κ3) is 4.33.